The lowest BCUT2D eigenvalue weighted by atomic mass is 9.90. The van der Waals surface area contributed by atoms with Gasteiger partial charge in [0.15, 0.2) is 0 Å². The van der Waals surface area contributed by atoms with Gasteiger partial charge in [-0.15, -0.1) is 0 Å². The summed E-state index contributed by atoms with van der Waals surface area (Å²) < 4.78 is 5.16. The molecule has 3 heterocycles. The summed E-state index contributed by atoms with van der Waals surface area (Å²) in [4.78, 5) is 29.9. The van der Waals surface area contributed by atoms with Gasteiger partial charge in [-0.3, -0.25) is 9.59 Å². The molecule has 0 saturated carbocycles. The number of carbonyl (C=O) groups excluding carboxylic acids is 2. The molecule has 0 spiro atoms. The summed E-state index contributed by atoms with van der Waals surface area (Å²) in [5, 5.41) is 6.65. The average molecular weight is 384 g/mol. The third-order valence-corrected chi connectivity index (χ3v) is 5.45. The highest BCUT2D eigenvalue weighted by molar-refractivity contribution is 5.87. The van der Waals surface area contributed by atoms with Crippen molar-refractivity contribution in [3.8, 4) is 0 Å². The van der Waals surface area contributed by atoms with Gasteiger partial charge in [0.25, 0.3) is 0 Å². The number of nitrogens with zero attached hydrogens (tertiary/aromatic N) is 3. The van der Waals surface area contributed by atoms with Crippen LogP contribution in [0.1, 0.15) is 48.8 Å². The summed E-state index contributed by atoms with van der Waals surface area (Å²) in [7, 11) is 0. The first-order valence-corrected chi connectivity index (χ1v) is 9.84. The molecular formula is C21H28N4O3. The van der Waals surface area contributed by atoms with Gasteiger partial charge in [0.05, 0.1) is 12.1 Å². The van der Waals surface area contributed by atoms with Crippen LogP contribution < -0.4 is 5.32 Å². The van der Waals surface area contributed by atoms with E-state index >= 15 is 0 Å². The first kappa shape index (κ1) is 20.0. The Morgan fingerprint density at radius 1 is 1.29 bits per heavy atom. The van der Waals surface area contributed by atoms with Crippen LogP contribution in [0, 0.1) is 19.8 Å². The average Bonchev–Trinajstić information content (AvgIpc) is 2.98. The number of pyridine rings is 1. The predicted molar refractivity (Wildman–Crippen MR) is 106 cm³/mol. The Labute approximate surface area is 165 Å². The van der Waals surface area contributed by atoms with Gasteiger partial charge >= 0.3 is 0 Å². The van der Waals surface area contributed by atoms with E-state index in [1.54, 1.807) is 6.20 Å². The molecule has 7 heteroatoms. The predicted octanol–water partition coefficient (Wildman–Crippen LogP) is 3.06. The van der Waals surface area contributed by atoms with Gasteiger partial charge in [-0.25, -0.2) is 4.98 Å². The molecule has 1 saturated heterocycles. The van der Waals surface area contributed by atoms with Gasteiger partial charge in [0.2, 0.25) is 11.8 Å². The lowest BCUT2D eigenvalue weighted by molar-refractivity contribution is -0.131. The minimum absolute atomic E-state index is 0.113. The van der Waals surface area contributed by atoms with Gasteiger partial charge < -0.3 is 14.7 Å². The molecule has 0 bridgehead atoms. The highest BCUT2D eigenvalue weighted by atomic mass is 16.5. The standard InChI is InChI=1S/C21H28N4O3/c1-14-19(15(2)28-24-14)13-21(27)25-10-7-17(8-11-25)4-5-18-6-9-22-20(12-18)23-16(3)26/h6,9,12,17H,4-5,7-8,10-11,13H2,1-3H3,(H,22,23,26). The minimum atomic E-state index is -0.113. The van der Waals surface area contributed by atoms with E-state index in [0.29, 0.717) is 18.2 Å². The Morgan fingerprint density at radius 3 is 2.68 bits per heavy atom. The molecule has 0 aliphatic carbocycles. The van der Waals surface area contributed by atoms with Crippen LogP contribution in [-0.2, 0) is 22.4 Å². The fourth-order valence-electron chi connectivity index (χ4n) is 3.74. The van der Waals surface area contributed by atoms with Crippen LogP contribution in [0.2, 0.25) is 0 Å². The van der Waals surface area contributed by atoms with Crippen molar-refractivity contribution in [1.82, 2.24) is 15.0 Å². The van der Waals surface area contributed by atoms with E-state index in [2.05, 4.69) is 15.5 Å². The van der Waals surface area contributed by atoms with Crippen LogP contribution in [-0.4, -0.2) is 39.9 Å². The second-order valence-electron chi connectivity index (χ2n) is 7.57. The van der Waals surface area contributed by atoms with E-state index in [1.807, 2.05) is 30.9 Å². The molecule has 7 nitrogen and oxygen atoms in total. The van der Waals surface area contributed by atoms with Crippen LogP contribution >= 0.6 is 0 Å². The zero-order valence-corrected chi connectivity index (χ0v) is 16.8. The van der Waals surface area contributed by atoms with Gasteiger partial charge in [-0.1, -0.05) is 5.16 Å². The molecule has 2 amide bonds. The smallest absolute Gasteiger partial charge is 0.227 e. The number of hydrogen-bond donors (Lipinski definition) is 1. The fourth-order valence-corrected chi connectivity index (χ4v) is 3.74. The van der Waals surface area contributed by atoms with Gasteiger partial charge in [0, 0.05) is 31.8 Å². The summed E-state index contributed by atoms with van der Waals surface area (Å²) in [6.45, 7) is 6.82. The Hall–Kier alpha value is -2.70. The third-order valence-electron chi connectivity index (χ3n) is 5.45. The number of piperidine rings is 1. The number of aryl methyl sites for hydroxylation is 3. The van der Waals surface area contributed by atoms with E-state index < -0.39 is 0 Å². The summed E-state index contributed by atoms with van der Waals surface area (Å²) >= 11 is 0. The summed E-state index contributed by atoms with van der Waals surface area (Å²) in [6.07, 6.45) is 6.18. The normalized spacial score (nSPS) is 14.9. The SMILES string of the molecule is CC(=O)Nc1cc(CCC2CCN(C(=O)Cc3c(C)noc3C)CC2)ccn1. The van der Waals surface area contributed by atoms with E-state index in [4.69, 9.17) is 4.52 Å². The van der Waals surface area contributed by atoms with Gasteiger partial charge in [-0.05, 0) is 63.1 Å². The first-order chi connectivity index (χ1) is 13.4. The molecule has 1 N–H and O–H groups in total. The summed E-state index contributed by atoms with van der Waals surface area (Å²) in [5.41, 5.74) is 2.90. The minimum Gasteiger partial charge on any atom is -0.361 e. The van der Waals surface area contributed by atoms with Crippen molar-refractivity contribution in [3.63, 3.8) is 0 Å². The van der Waals surface area contributed by atoms with Crippen LogP contribution in [0.3, 0.4) is 0 Å². The first-order valence-electron chi connectivity index (χ1n) is 9.84. The lowest BCUT2D eigenvalue weighted by Crippen LogP contribution is -2.39. The van der Waals surface area contributed by atoms with Crippen LogP contribution in [0.4, 0.5) is 5.82 Å². The van der Waals surface area contributed by atoms with Gasteiger partial charge in [-0.2, -0.15) is 0 Å². The molecule has 0 unspecified atom stereocenters. The molecule has 1 aliphatic rings. The number of hydrogen-bond acceptors (Lipinski definition) is 5. The number of aromatic nitrogens is 2. The number of nitrogens with one attached hydrogen (secondary N) is 1. The molecule has 2 aromatic rings. The number of anilines is 1. The van der Waals surface area contributed by atoms with Crippen LogP contribution in [0.15, 0.2) is 22.9 Å². The number of likely N-dealkylation sites (tertiary alicyclic amines) is 1. The van der Waals surface area contributed by atoms with Crippen molar-refractivity contribution < 1.29 is 14.1 Å². The molecule has 0 aromatic carbocycles. The molecule has 0 radical (unpaired) electrons. The molecule has 1 fully saturated rings. The van der Waals surface area contributed by atoms with Crippen molar-refractivity contribution in [1.29, 1.82) is 0 Å². The van der Waals surface area contributed by atoms with Crippen molar-refractivity contribution in [2.24, 2.45) is 5.92 Å². The molecule has 1 aliphatic heterocycles. The van der Waals surface area contributed by atoms with E-state index in [1.165, 1.54) is 12.5 Å². The van der Waals surface area contributed by atoms with Crippen LogP contribution in [0.25, 0.3) is 0 Å². The largest absolute Gasteiger partial charge is 0.361 e. The monoisotopic (exact) mass is 384 g/mol. The Bertz CT molecular complexity index is 818. The second kappa shape index (κ2) is 8.99. The maximum absolute atomic E-state index is 12.6. The third kappa shape index (κ3) is 5.18. The summed E-state index contributed by atoms with van der Waals surface area (Å²) in [6, 6.07) is 3.93. The van der Waals surface area contributed by atoms with Gasteiger partial charge in [0.1, 0.15) is 11.6 Å². The second-order valence-corrected chi connectivity index (χ2v) is 7.57. The topological polar surface area (TPSA) is 88.3 Å². The van der Waals surface area contributed by atoms with Crippen molar-refractivity contribution in [2.45, 2.75) is 52.9 Å². The molecule has 150 valence electrons. The Morgan fingerprint density at radius 2 is 2.04 bits per heavy atom. The Kier molecular flexibility index (Phi) is 6.44. The van der Waals surface area contributed by atoms with E-state index in [-0.39, 0.29) is 11.8 Å². The number of rotatable bonds is 6. The van der Waals surface area contributed by atoms with Crippen molar-refractivity contribution >= 4 is 17.6 Å². The molecule has 3 rings (SSSR count). The van der Waals surface area contributed by atoms with Crippen molar-refractivity contribution in [3.05, 3.63) is 40.9 Å². The molecular weight excluding hydrogens is 356 g/mol. The van der Waals surface area contributed by atoms with Crippen molar-refractivity contribution in [2.75, 3.05) is 18.4 Å². The molecule has 28 heavy (non-hydrogen) atoms. The van der Waals surface area contributed by atoms with E-state index in [0.717, 1.165) is 55.8 Å². The zero-order chi connectivity index (χ0) is 20.1. The summed E-state index contributed by atoms with van der Waals surface area (Å²) in [5.74, 6) is 1.99. The van der Waals surface area contributed by atoms with E-state index in [9.17, 15) is 9.59 Å². The maximum Gasteiger partial charge on any atom is 0.227 e. The highest BCUT2D eigenvalue weighted by Crippen LogP contribution is 2.24. The highest BCUT2D eigenvalue weighted by Gasteiger charge is 2.24. The van der Waals surface area contributed by atoms with Crippen LogP contribution in [0.5, 0.6) is 0 Å². The zero-order valence-electron chi connectivity index (χ0n) is 16.8. The fraction of sp³-hybridized carbons (Fsp3) is 0.524. The molecule has 0 atom stereocenters. The maximum atomic E-state index is 12.6. The quantitative estimate of drug-likeness (QED) is 0.827. The molecule has 2 aromatic heterocycles. The number of amides is 2. The lowest BCUT2D eigenvalue weighted by Gasteiger charge is -2.32. The Balaban J connectivity index is 1.45. The number of carbonyl (C=O) groups is 2.